The zero-order chi connectivity index (χ0) is 17.7. The summed E-state index contributed by atoms with van der Waals surface area (Å²) in [4.78, 5) is 30.3. The van der Waals surface area contributed by atoms with Gasteiger partial charge in [0.2, 0.25) is 11.8 Å². The van der Waals surface area contributed by atoms with Crippen molar-refractivity contribution in [3.63, 3.8) is 0 Å². The number of hydrogen-bond donors (Lipinski definition) is 1. The van der Waals surface area contributed by atoms with Gasteiger partial charge in [-0.2, -0.15) is 0 Å². The number of thiazole rings is 1. The highest BCUT2D eigenvalue weighted by molar-refractivity contribution is 7.09. The van der Waals surface area contributed by atoms with Gasteiger partial charge < -0.3 is 10.2 Å². The number of benzene rings is 1. The molecule has 0 spiro atoms. The van der Waals surface area contributed by atoms with E-state index in [0.29, 0.717) is 22.3 Å². The molecular formula is C16H17Cl2N3O2S. The maximum atomic E-state index is 12.3. The summed E-state index contributed by atoms with van der Waals surface area (Å²) in [5, 5.41) is 6.12. The van der Waals surface area contributed by atoms with Crippen LogP contribution in [0.3, 0.4) is 0 Å². The molecule has 2 aromatic rings. The number of amides is 2. The minimum Gasteiger partial charge on any atom is -0.333 e. The molecule has 128 valence electrons. The molecule has 24 heavy (non-hydrogen) atoms. The van der Waals surface area contributed by atoms with Gasteiger partial charge in [0.15, 0.2) is 0 Å². The van der Waals surface area contributed by atoms with E-state index in [-0.39, 0.29) is 24.8 Å². The molecule has 0 aliphatic heterocycles. The Balaban J connectivity index is 1.98. The summed E-state index contributed by atoms with van der Waals surface area (Å²) in [6.45, 7) is 4.06. The first-order chi connectivity index (χ1) is 11.4. The van der Waals surface area contributed by atoms with Crippen LogP contribution in [0.1, 0.15) is 17.6 Å². The molecule has 1 N–H and O–H groups in total. The predicted molar refractivity (Wildman–Crippen MR) is 97.9 cm³/mol. The molecule has 0 unspecified atom stereocenters. The van der Waals surface area contributed by atoms with Crippen molar-refractivity contribution in [3.8, 4) is 0 Å². The summed E-state index contributed by atoms with van der Waals surface area (Å²) in [6, 6.07) is 4.96. The molecule has 2 amide bonds. The molecule has 5 nitrogen and oxygen atoms in total. The number of halogens is 2. The molecule has 0 aliphatic carbocycles. The Morgan fingerprint density at radius 2 is 1.96 bits per heavy atom. The van der Waals surface area contributed by atoms with Crippen molar-refractivity contribution >= 4 is 52.0 Å². The molecule has 0 bridgehead atoms. The second kappa shape index (κ2) is 8.46. The van der Waals surface area contributed by atoms with Gasteiger partial charge >= 0.3 is 0 Å². The molecule has 1 heterocycles. The SMILES string of the molecule is CCN(CC(=O)Nc1c(Cl)cccc1Cl)C(=O)Cc1csc(C)n1. The van der Waals surface area contributed by atoms with Crippen LogP contribution < -0.4 is 5.32 Å². The van der Waals surface area contributed by atoms with E-state index in [0.717, 1.165) is 10.7 Å². The van der Waals surface area contributed by atoms with Gasteiger partial charge in [-0.05, 0) is 26.0 Å². The van der Waals surface area contributed by atoms with Crippen LogP contribution in [0.4, 0.5) is 5.69 Å². The second-order valence-electron chi connectivity index (χ2n) is 5.09. The molecule has 8 heteroatoms. The molecule has 0 radical (unpaired) electrons. The van der Waals surface area contributed by atoms with Crippen LogP contribution in [-0.2, 0) is 16.0 Å². The number of anilines is 1. The Hall–Kier alpha value is -1.63. The highest BCUT2D eigenvalue weighted by Gasteiger charge is 2.18. The van der Waals surface area contributed by atoms with E-state index in [4.69, 9.17) is 23.2 Å². The fraction of sp³-hybridized carbons (Fsp3) is 0.312. The molecule has 0 atom stereocenters. The predicted octanol–water partition coefficient (Wildman–Crippen LogP) is 3.79. The van der Waals surface area contributed by atoms with E-state index in [9.17, 15) is 9.59 Å². The average Bonchev–Trinajstić information content (AvgIpc) is 2.93. The van der Waals surface area contributed by atoms with Crippen LogP contribution in [0.2, 0.25) is 10.0 Å². The van der Waals surface area contributed by atoms with Crippen molar-refractivity contribution in [1.82, 2.24) is 9.88 Å². The summed E-state index contributed by atoms with van der Waals surface area (Å²) >= 11 is 13.6. The fourth-order valence-corrected chi connectivity index (χ4v) is 3.21. The lowest BCUT2D eigenvalue weighted by Gasteiger charge is -2.20. The monoisotopic (exact) mass is 385 g/mol. The third-order valence-corrected chi connectivity index (χ3v) is 4.75. The van der Waals surface area contributed by atoms with E-state index in [1.807, 2.05) is 19.2 Å². The summed E-state index contributed by atoms with van der Waals surface area (Å²) in [5.41, 5.74) is 1.07. The van der Waals surface area contributed by atoms with Crippen molar-refractivity contribution in [1.29, 1.82) is 0 Å². The van der Waals surface area contributed by atoms with E-state index in [2.05, 4.69) is 10.3 Å². The molecule has 0 saturated heterocycles. The number of nitrogens with one attached hydrogen (secondary N) is 1. The van der Waals surface area contributed by atoms with E-state index in [1.54, 1.807) is 18.2 Å². The third kappa shape index (κ3) is 4.93. The van der Waals surface area contributed by atoms with E-state index < -0.39 is 0 Å². The normalized spacial score (nSPS) is 10.5. The number of carbonyl (C=O) groups is 2. The van der Waals surface area contributed by atoms with Crippen LogP contribution in [0.5, 0.6) is 0 Å². The number of hydrogen-bond acceptors (Lipinski definition) is 4. The zero-order valence-electron chi connectivity index (χ0n) is 13.3. The van der Waals surface area contributed by atoms with E-state index >= 15 is 0 Å². The van der Waals surface area contributed by atoms with Crippen LogP contribution in [0, 0.1) is 6.92 Å². The lowest BCUT2D eigenvalue weighted by molar-refractivity contribution is -0.133. The number of likely N-dealkylation sites (N-methyl/N-ethyl adjacent to an activating group) is 1. The van der Waals surface area contributed by atoms with Crippen LogP contribution >= 0.6 is 34.5 Å². The number of aromatic nitrogens is 1. The molecule has 0 fully saturated rings. The fourth-order valence-electron chi connectivity index (χ4n) is 2.10. The van der Waals surface area contributed by atoms with Gasteiger partial charge in [0, 0.05) is 11.9 Å². The first-order valence-corrected chi connectivity index (χ1v) is 8.97. The molecule has 2 rings (SSSR count). The van der Waals surface area contributed by atoms with Crippen LogP contribution in [0.15, 0.2) is 23.6 Å². The van der Waals surface area contributed by atoms with Crippen LogP contribution in [-0.4, -0.2) is 34.8 Å². The first-order valence-electron chi connectivity index (χ1n) is 7.33. The molecule has 1 aromatic heterocycles. The van der Waals surface area contributed by atoms with Crippen LogP contribution in [0.25, 0.3) is 0 Å². The van der Waals surface area contributed by atoms with Gasteiger partial charge in [-0.1, -0.05) is 29.3 Å². The van der Waals surface area contributed by atoms with Crippen molar-refractivity contribution in [2.75, 3.05) is 18.4 Å². The first kappa shape index (κ1) is 18.7. The van der Waals surface area contributed by atoms with Crippen molar-refractivity contribution < 1.29 is 9.59 Å². The lowest BCUT2D eigenvalue weighted by atomic mass is 10.3. The molecular weight excluding hydrogens is 369 g/mol. The van der Waals surface area contributed by atoms with Gasteiger partial charge in [0.25, 0.3) is 0 Å². The van der Waals surface area contributed by atoms with Gasteiger partial charge in [-0.25, -0.2) is 4.98 Å². The summed E-state index contributed by atoms with van der Waals surface area (Å²) in [5.74, 6) is -0.502. The maximum Gasteiger partial charge on any atom is 0.244 e. The Bertz CT molecular complexity index is 728. The highest BCUT2D eigenvalue weighted by Crippen LogP contribution is 2.29. The standard InChI is InChI=1S/C16H17Cl2N3O2S/c1-3-21(15(23)7-11-9-24-10(2)19-11)8-14(22)20-16-12(17)5-4-6-13(16)18/h4-6,9H,3,7-8H2,1-2H3,(H,20,22). The average molecular weight is 386 g/mol. The summed E-state index contributed by atoms with van der Waals surface area (Å²) < 4.78 is 0. The Labute approximate surface area is 154 Å². The Morgan fingerprint density at radius 3 is 2.50 bits per heavy atom. The number of nitrogens with zero attached hydrogens (tertiary/aromatic N) is 2. The minimum atomic E-state index is -0.352. The largest absolute Gasteiger partial charge is 0.333 e. The Morgan fingerprint density at radius 1 is 1.29 bits per heavy atom. The van der Waals surface area contributed by atoms with Gasteiger partial charge in [-0.15, -0.1) is 11.3 Å². The summed E-state index contributed by atoms with van der Waals surface area (Å²) in [7, 11) is 0. The minimum absolute atomic E-state index is 0.0694. The van der Waals surface area contributed by atoms with Crippen molar-refractivity contribution in [2.45, 2.75) is 20.3 Å². The second-order valence-corrected chi connectivity index (χ2v) is 6.96. The van der Waals surface area contributed by atoms with Gasteiger partial charge in [-0.3, -0.25) is 9.59 Å². The zero-order valence-corrected chi connectivity index (χ0v) is 15.6. The molecule has 0 saturated carbocycles. The van der Waals surface area contributed by atoms with Gasteiger partial charge in [0.1, 0.15) is 0 Å². The number of aryl methyl sites for hydroxylation is 1. The van der Waals surface area contributed by atoms with E-state index in [1.165, 1.54) is 16.2 Å². The maximum absolute atomic E-state index is 12.3. The number of carbonyl (C=O) groups excluding carboxylic acids is 2. The Kier molecular flexibility index (Phi) is 6.60. The number of rotatable bonds is 6. The smallest absolute Gasteiger partial charge is 0.244 e. The van der Waals surface area contributed by atoms with Gasteiger partial charge in [0.05, 0.1) is 39.4 Å². The highest BCUT2D eigenvalue weighted by atomic mass is 35.5. The lowest BCUT2D eigenvalue weighted by Crippen LogP contribution is -2.38. The topological polar surface area (TPSA) is 62.3 Å². The molecule has 0 aliphatic rings. The summed E-state index contributed by atoms with van der Waals surface area (Å²) in [6.07, 6.45) is 0.179. The third-order valence-electron chi connectivity index (χ3n) is 3.29. The molecule has 1 aromatic carbocycles. The quantitative estimate of drug-likeness (QED) is 0.822. The van der Waals surface area contributed by atoms with Crippen molar-refractivity contribution in [2.24, 2.45) is 0 Å². The number of para-hydroxylation sites is 1. The van der Waals surface area contributed by atoms with Crippen molar-refractivity contribution in [3.05, 3.63) is 44.3 Å².